The minimum Gasteiger partial charge on any atom is -0.347 e. The first-order valence-corrected chi connectivity index (χ1v) is 7.60. The highest BCUT2D eigenvalue weighted by Gasteiger charge is 2.16. The molecule has 0 bridgehead atoms. The number of aromatic nitrogens is 3. The molecule has 0 unspecified atom stereocenters. The smallest absolute Gasteiger partial charge is 0.263 e. The third-order valence-corrected chi connectivity index (χ3v) is 4.29. The largest absolute Gasteiger partial charge is 0.347 e. The van der Waals surface area contributed by atoms with Crippen LogP contribution in [-0.4, -0.2) is 20.9 Å². The highest BCUT2D eigenvalue weighted by Crippen LogP contribution is 2.27. The molecule has 0 fully saturated rings. The standard InChI is InChI=1S/C16H14N4OS/c1-11-14(15(21)19-9-12-4-2-6-17-8-12)22-16(20-11)13-5-3-7-18-10-13/h2-8,10H,9H2,1H3,(H,19,21). The molecule has 0 saturated heterocycles. The SMILES string of the molecule is Cc1nc(-c2cccnc2)sc1C(=O)NCc1cccnc1. The Bertz CT molecular complexity index is 771. The topological polar surface area (TPSA) is 67.8 Å². The van der Waals surface area contributed by atoms with Crippen LogP contribution < -0.4 is 5.32 Å². The van der Waals surface area contributed by atoms with Crippen LogP contribution in [0.15, 0.2) is 49.1 Å². The minimum absolute atomic E-state index is 0.117. The van der Waals surface area contributed by atoms with Gasteiger partial charge in [-0.25, -0.2) is 4.98 Å². The summed E-state index contributed by atoms with van der Waals surface area (Å²) in [6, 6.07) is 7.56. The first kappa shape index (κ1) is 14.3. The second-order valence-corrected chi connectivity index (χ2v) is 5.72. The van der Waals surface area contributed by atoms with Gasteiger partial charge in [0, 0.05) is 36.9 Å². The number of amides is 1. The van der Waals surface area contributed by atoms with Gasteiger partial charge in [-0.3, -0.25) is 14.8 Å². The lowest BCUT2D eigenvalue weighted by Crippen LogP contribution is -2.22. The summed E-state index contributed by atoms with van der Waals surface area (Å²) in [6.07, 6.45) is 6.90. The monoisotopic (exact) mass is 310 g/mol. The second-order valence-electron chi connectivity index (χ2n) is 4.72. The van der Waals surface area contributed by atoms with Crippen LogP contribution in [0.1, 0.15) is 20.9 Å². The summed E-state index contributed by atoms with van der Waals surface area (Å²) in [7, 11) is 0. The average molecular weight is 310 g/mol. The van der Waals surface area contributed by atoms with Crippen LogP contribution in [0.4, 0.5) is 0 Å². The van der Waals surface area contributed by atoms with E-state index in [1.165, 1.54) is 11.3 Å². The lowest BCUT2D eigenvalue weighted by molar-refractivity contribution is 0.0954. The fourth-order valence-electron chi connectivity index (χ4n) is 1.99. The number of rotatable bonds is 4. The molecule has 110 valence electrons. The normalized spacial score (nSPS) is 10.4. The van der Waals surface area contributed by atoms with Crippen LogP contribution >= 0.6 is 11.3 Å². The van der Waals surface area contributed by atoms with Gasteiger partial charge in [0.1, 0.15) is 9.88 Å². The van der Waals surface area contributed by atoms with Gasteiger partial charge in [-0.15, -0.1) is 11.3 Å². The van der Waals surface area contributed by atoms with Gasteiger partial charge in [0.05, 0.1) is 5.69 Å². The van der Waals surface area contributed by atoms with Gasteiger partial charge in [-0.2, -0.15) is 0 Å². The summed E-state index contributed by atoms with van der Waals surface area (Å²) >= 11 is 1.38. The van der Waals surface area contributed by atoms with Gasteiger partial charge in [0.15, 0.2) is 0 Å². The first-order chi connectivity index (χ1) is 10.7. The Kier molecular flexibility index (Phi) is 4.20. The van der Waals surface area contributed by atoms with Crippen LogP contribution in [0.3, 0.4) is 0 Å². The van der Waals surface area contributed by atoms with E-state index in [1.54, 1.807) is 24.8 Å². The van der Waals surface area contributed by atoms with Gasteiger partial charge < -0.3 is 5.32 Å². The molecule has 3 aromatic rings. The molecule has 0 aromatic carbocycles. The number of nitrogens with zero attached hydrogens (tertiary/aromatic N) is 3. The molecule has 3 heterocycles. The van der Waals surface area contributed by atoms with E-state index >= 15 is 0 Å². The van der Waals surface area contributed by atoms with Crippen molar-refractivity contribution in [3.05, 3.63) is 65.2 Å². The highest BCUT2D eigenvalue weighted by molar-refractivity contribution is 7.17. The molecule has 0 aliphatic rings. The molecule has 6 heteroatoms. The Labute approximate surface area is 132 Å². The van der Waals surface area contributed by atoms with Crippen LogP contribution in [0.25, 0.3) is 10.6 Å². The number of nitrogens with one attached hydrogen (secondary N) is 1. The molecule has 3 rings (SSSR count). The fraction of sp³-hybridized carbons (Fsp3) is 0.125. The molecule has 0 radical (unpaired) electrons. The molecule has 0 aliphatic carbocycles. The third kappa shape index (κ3) is 3.17. The van der Waals surface area contributed by atoms with Crippen LogP contribution in [0, 0.1) is 6.92 Å². The van der Waals surface area contributed by atoms with Crippen molar-refractivity contribution < 1.29 is 4.79 Å². The number of carbonyl (C=O) groups is 1. The van der Waals surface area contributed by atoms with E-state index in [9.17, 15) is 4.79 Å². The number of aryl methyl sites for hydroxylation is 1. The number of pyridine rings is 2. The van der Waals surface area contributed by atoms with E-state index in [1.807, 2.05) is 31.2 Å². The van der Waals surface area contributed by atoms with Crippen molar-refractivity contribution in [1.29, 1.82) is 0 Å². The summed E-state index contributed by atoms with van der Waals surface area (Å²) in [5.74, 6) is -0.117. The van der Waals surface area contributed by atoms with E-state index < -0.39 is 0 Å². The maximum atomic E-state index is 12.3. The fourth-order valence-corrected chi connectivity index (χ4v) is 2.96. The summed E-state index contributed by atoms with van der Waals surface area (Å²) in [6.45, 7) is 2.29. The zero-order valence-electron chi connectivity index (χ0n) is 12.0. The Morgan fingerprint density at radius 2 is 1.95 bits per heavy atom. The zero-order valence-corrected chi connectivity index (χ0v) is 12.8. The van der Waals surface area contributed by atoms with Gasteiger partial charge in [-0.1, -0.05) is 6.07 Å². The van der Waals surface area contributed by atoms with E-state index in [0.717, 1.165) is 21.8 Å². The van der Waals surface area contributed by atoms with Crippen LogP contribution in [-0.2, 0) is 6.54 Å². The Balaban J connectivity index is 1.74. The predicted molar refractivity (Wildman–Crippen MR) is 85.5 cm³/mol. The average Bonchev–Trinajstić information content (AvgIpc) is 2.96. The molecular formula is C16H14N4OS. The molecule has 1 amide bonds. The van der Waals surface area contributed by atoms with Crippen LogP contribution in [0.5, 0.6) is 0 Å². The van der Waals surface area contributed by atoms with Crippen molar-refractivity contribution in [1.82, 2.24) is 20.3 Å². The lowest BCUT2D eigenvalue weighted by Gasteiger charge is -2.03. The summed E-state index contributed by atoms with van der Waals surface area (Å²) in [4.78, 5) is 25.5. The van der Waals surface area contributed by atoms with Gasteiger partial charge >= 0.3 is 0 Å². The van der Waals surface area contributed by atoms with Gasteiger partial charge in [0.25, 0.3) is 5.91 Å². The molecule has 0 atom stereocenters. The Morgan fingerprint density at radius 3 is 2.64 bits per heavy atom. The highest BCUT2D eigenvalue weighted by atomic mass is 32.1. The van der Waals surface area contributed by atoms with Crippen molar-refractivity contribution in [2.45, 2.75) is 13.5 Å². The number of hydrogen-bond acceptors (Lipinski definition) is 5. The Hall–Kier alpha value is -2.60. The zero-order chi connectivity index (χ0) is 15.4. The minimum atomic E-state index is -0.117. The molecule has 0 aliphatic heterocycles. The van der Waals surface area contributed by atoms with Crippen molar-refractivity contribution in [3.8, 4) is 10.6 Å². The number of hydrogen-bond donors (Lipinski definition) is 1. The van der Waals surface area contributed by atoms with E-state index in [-0.39, 0.29) is 5.91 Å². The van der Waals surface area contributed by atoms with Crippen LogP contribution in [0.2, 0.25) is 0 Å². The predicted octanol–water partition coefficient (Wildman–Crippen LogP) is 2.84. The Morgan fingerprint density at radius 1 is 1.18 bits per heavy atom. The maximum Gasteiger partial charge on any atom is 0.263 e. The quantitative estimate of drug-likeness (QED) is 0.804. The van der Waals surface area contributed by atoms with Crippen molar-refractivity contribution in [2.75, 3.05) is 0 Å². The molecule has 0 spiro atoms. The third-order valence-electron chi connectivity index (χ3n) is 3.09. The van der Waals surface area contributed by atoms with E-state index in [0.29, 0.717) is 11.4 Å². The molecule has 5 nitrogen and oxygen atoms in total. The summed E-state index contributed by atoms with van der Waals surface area (Å²) < 4.78 is 0. The summed E-state index contributed by atoms with van der Waals surface area (Å²) in [5, 5.41) is 3.70. The molecular weight excluding hydrogens is 296 g/mol. The maximum absolute atomic E-state index is 12.3. The van der Waals surface area contributed by atoms with Gasteiger partial charge in [0.2, 0.25) is 0 Å². The molecule has 3 aromatic heterocycles. The molecule has 1 N–H and O–H groups in total. The summed E-state index contributed by atoms with van der Waals surface area (Å²) in [5.41, 5.74) is 2.61. The number of thiazole rings is 1. The van der Waals surface area contributed by atoms with Crippen molar-refractivity contribution in [2.24, 2.45) is 0 Å². The molecule has 22 heavy (non-hydrogen) atoms. The molecule has 0 saturated carbocycles. The van der Waals surface area contributed by atoms with E-state index in [4.69, 9.17) is 0 Å². The second kappa shape index (κ2) is 6.44. The van der Waals surface area contributed by atoms with Gasteiger partial charge in [-0.05, 0) is 30.7 Å². The lowest BCUT2D eigenvalue weighted by atomic mass is 10.3. The first-order valence-electron chi connectivity index (χ1n) is 6.79. The number of carbonyl (C=O) groups excluding carboxylic acids is 1. The van der Waals surface area contributed by atoms with E-state index in [2.05, 4.69) is 20.3 Å². The van der Waals surface area contributed by atoms with Crippen molar-refractivity contribution in [3.63, 3.8) is 0 Å². The van der Waals surface area contributed by atoms with Crippen molar-refractivity contribution >= 4 is 17.2 Å².